The molecule has 0 spiro atoms. The van der Waals surface area contributed by atoms with Gasteiger partial charge in [-0.15, -0.1) is 0 Å². The van der Waals surface area contributed by atoms with E-state index in [1.165, 1.54) is 11.3 Å². The van der Waals surface area contributed by atoms with Gasteiger partial charge in [0, 0.05) is 25.3 Å². The molecule has 1 heterocycles. The fraction of sp³-hybridized carbons (Fsp3) is 0.412. The highest BCUT2D eigenvalue weighted by molar-refractivity contribution is 9.10. The zero-order valence-corrected chi connectivity index (χ0v) is 16.0. The highest BCUT2D eigenvalue weighted by Crippen LogP contribution is 2.19. The summed E-state index contributed by atoms with van der Waals surface area (Å²) in [6, 6.07) is 10.4. The summed E-state index contributed by atoms with van der Waals surface area (Å²) in [6.45, 7) is 6.66. The van der Waals surface area contributed by atoms with Crippen LogP contribution in [0.5, 0.6) is 0 Å². The van der Waals surface area contributed by atoms with Gasteiger partial charge in [-0.2, -0.15) is 5.10 Å². The molecule has 2 aromatic rings. The van der Waals surface area contributed by atoms with Crippen LogP contribution >= 0.6 is 28.1 Å². The Morgan fingerprint density at radius 1 is 1.17 bits per heavy atom. The minimum atomic E-state index is 0.718. The maximum Gasteiger partial charge on any atom is 0.166 e. The monoisotopic (exact) mass is 394 g/mol. The average molecular weight is 395 g/mol. The van der Waals surface area contributed by atoms with Gasteiger partial charge in [0.25, 0.3) is 0 Å². The third kappa shape index (κ3) is 5.62. The fourth-order valence-corrected chi connectivity index (χ4v) is 2.84. The largest absolute Gasteiger partial charge is 0.363 e. The van der Waals surface area contributed by atoms with Crippen LogP contribution in [0.25, 0.3) is 0 Å². The van der Waals surface area contributed by atoms with Crippen LogP contribution in [0, 0.1) is 13.8 Å². The number of nitrogens with zero attached hydrogens (tertiary/aromatic N) is 2. The van der Waals surface area contributed by atoms with E-state index in [-0.39, 0.29) is 0 Å². The van der Waals surface area contributed by atoms with Crippen LogP contribution in [0.2, 0.25) is 0 Å². The normalized spacial score (nSPS) is 10.6. The summed E-state index contributed by atoms with van der Waals surface area (Å²) in [4.78, 5) is 0. The Morgan fingerprint density at radius 3 is 2.52 bits per heavy atom. The van der Waals surface area contributed by atoms with Gasteiger partial charge in [-0.25, -0.2) is 0 Å². The number of hydrogen-bond acceptors (Lipinski definition) is 2. The van der Waals surface area contributed by atoms with Crippen molar-refractivity contribution in [3.8, 4) is 0 Å². The number of benzene rings is 1. The van der Waals surface area contributed by atoms with Crippen LogP contribution in [0.3, 0.4) is 0 Å². The number of nitrogens with one attached hydrogen (secondary N) is 2. The predicted molar refractivity (Wildman–Crippen MR) is 103 cm³/mol. The molecule has 1 aromatic heterocycles. The van der Waals surface area contributed by atoms with Gasteiger partial charge in [0.05, 0.1) is 10.2 Å². The molecule has 0 aliphatic carbocycles. The van der Waals surface area contributed by atoms with Crippen LogP contribution in [0.15, 0.2) is 34.8 Å². The highest BCUT2D eigenvalue weighted by Gasteiger charge is 2.07. The first-order chi connectivity index (χ1) is 11.1. The minimum absolute atomic E-state index is 0.718. The highest BCUT2D eigenvalue weighted by atomic mass is 79.9. The Labute approximate surface area is 151 Å². The summed E-state index contributed by atoms with van der Waals surface area (Å²) < 4.78 is 3.14. The summed E-state index contributed by atoms with van der Waals surface area (Å²) in [5.41, 5.74) is 3.53. The van der Waals surface area contributed by atoms with Crippen molar-refractivity contribution in [2.45, 2.75) is 33.2 Å². The first-order valence-electron chi connectivity index (χ1n) is 7.83. The molecule has 4 nitrogen and oxygen atoms in total. The van der Waals surface area contributed by atoms with Crippen molar-refractivity contribution in [3.63, 3.8) is 0 Å². The number of aromatic nitrogens is 2. The molecule has 1 aromatic carbocycles. The van der Waals surface area contributed by atoms with Crippen molar-refractivity contribution in [1.82, 2.24) is 20.4 Å². The van der Waals surface area contributed by atoms with Crippen molar-refractivity contribution in [3.05, 3.63) is 51.8 Å². The molecule has 0 saturated carbocycles. The minimum Gasteiger partial charge on any atom is -0.363 e. The number of rotatable bonds is 7. The van der Waals surface area contributed by atoms with E-state index in [1.54, 1.807) is 0 Å². The summed E-state index contributed by atoms with van der Waals surface area (Å²) in [7, 11) is 0. The molecule has 124 valence electrons. The lowest BCUT2D eigenvalue weighted by Gasteiger charge is -2.11. The van der Waals surface area contributed by atoms with Gasteiger partial charge in [0.1, 0.15) is 0 Å². The molecule has 2 rings (SSSR count). The van der Waals surface area contributed by atoms with Crippen molar-refractivity contribution in [2.75, 3.05) is 13.1 Å². The molecular weight excluding hydrogens is 372 g/mol. The van der Waals surface area contributed by atoms with Crippen molar-refractivity contribution >= 4 is 33.3 Å². The molecule has 0 atom stereocenters. The van der Waals surface area contributed by atoms with Crippen molar-refractivity contribution in [1.29, 1.82) is 0 Å². The fourth-order valence-electron chi connectivity index (χ4n) is 2.35. The van der Waals surface area contributed by atoms with Crippen LogP contribution in [0.1, 0.15) is 23.4 Å². The predicted octanol–water partition coefficient (Wildman–Crippen LogP) is 3.36. The molecule has 0 unspecified atom stereocenters. The lowest BCUT2D eigenvalue weighted by molar-refractivity contribution is 0.556. The zero-order chi connectivity index (χ0) is 16.7. The van der Waals surface area contributed by atoms with E-state index in [2.05, 4.69) is 62.9 Å². The number of thiocarbonyl (C=S) groups is 1. The topological polar surface area (TPSA) is 41.9 Å². The third-order valence-corrected chi connectivity index (χ3v) is 5.10. The average Bonchev–Trinajstić information content (AvgIpc) is 2.80. The van der Waals surface area contributed by atoms with Crippen molar-refractivity contribution < 1.29 is 0 Å². The maximum atomic E-state index is 5.30. The van der Waals surface area contributed by atoms with E-state index in [0.717, 1.165) is 47.8 Å². The van der Waals surface area contributed by atoms with Gasteiger partial charge in [0.15, 0.2) is 5.11 Å². The van der Waals surface area contributed by atoms with E-state index < -0.39 is 0 Å². The Bertz CT molecular complexity index is 640. The van der Waals surface area contributed by atoms with Crippen LogP contribution in [-0.2, 0) is 13.0 Å². The van der Waals surface area contributed by atoms with Crippen LogP contribution < -0.4 is 10.6 Å². The van der Waals surface area contributed by atoms with Gasteiger partial charge < -0.3 is 10.6 Å². The quantitative estimate of drug-likeness (QED) is 0.557. The van der Waals surface area contributed by atoms with E-state index in [1.807, 2.05) is 17.7 Å². The number of hydrogen-bond donors (Lipinski definition) is 2. The Morgan fingerprint density at radius 2 is 1.87 bits per heavy atom. The van der Waals surface area contributed by atoms with E-state index in [4.69, 9.17) is 12.2 Å². The Hall–Kier alpha value is -1.40. The zero-order valence-electron chi connectivity index (χ0n) is 13.6. The van der Waals surface area contributed by atoms with Crippen LogP contribution in [0.4, 0.5) is 0 Å². The molecule has 0 aliphatic heterocycles. The Balaban J connectivity index is 1.60. The first-order valence-corrected chi connectivity index (χ1v) is 9.03. The van der Waals surface area contributed by atoms with Crippen LogP contribution in [-0.4, -0.2) is 28.0 Å². The maximum absolute atomic E-state index is 5.30. The first kappa shape index (κ1) is 17.9. The van der Waals surface area contributed by atoms with Gasteiger partial charge in [-0.3, -0.25) is 4.68 Å². The molecule has 0 amide bonds. The molecule has 6 heteroatoms. The van der Waals surface area contributed by atoms with E-state index in [0.29, 0.717) is 0 Å². The third-order valence-electron chi connectivity index (χ3n) is 3.67. The van der Waals surface area contributed by atoms with Gasteiger partial charge in [-0.1, -0.05) is 30.3 Å². The molecule has 0 radical (unpaired) electrons. The SMILES string of the molecule is Cc1nn(CCCNC(=S)NCCc2ccccc2)c(C)c1Br. The molecular formula is C17H23BrN4S. The lowest BCUT2D eigenvalue weighted by Crippen LogP contribution is -2.37. The molecule has 0 fully saturated rings. The second-order valence-electron chi connectivity index (χ2n) is 5.48. The molecule has 2 N–H and O–H groups in total. The molecule has 23 heavy (non-hydrogen) atoms. The number of halogens is 1. The molecule has 0 aliphatic rings. The standard InChI is InChI=1S/C17H23BrN4S/c1-13-16(18)14(2)22(21-13)12-6-10-19-17(23)20-11-9-15-7-4-3-5-8-15/h3-5,7-8H,6,9-12H2,1-2H3,(H2,19,20,23). The smallest absolute Gasteiger partial charge is 0.166 e. The Kier molecular flexibility index (Phi) is 7.05. The van der Waals surface area contributed by atoms with Crippen molar-refractivity contribution in [2.24, 2.45) is 0 Å². The summed E-state index contributed by atoms with van der Waals surface area (Å²) >= 11 is 8.85. The second kappa shape index (κ2) is 9.03. The summed E-state index contributed by atoms with van der Waals surface area (Å²) in [5.74, 6) is 0. The lowest BCUT2D eigenvalue weighted by atomic mass is 10.1. The molecule has 0 bridgehead atoms. The molecule has 0 saturated heterocycles. The van der Waals surface area contributed by atoms with E-state index in [9.17, 15) is 0 Å². The van der Waals surface area contributed by atoms with E-state index >= 15 is 0 Å². The second-order valence-corrected chi connectivity index (χ2v) is 6.68. The number of aryl methyl sites for hydroxylation is 2. The van der Waals surface area contributed by atoms with Gasteiger partial charge >= 0.3 is 0 Å². The summed E-state index contributed by atoms with van der Waals surface area (Å²) in [5, 5.41) is 11.7. The summed E-state index contributed by atoms with van der Waals surface area (Å²) in [6.07, 6.45) is 1.96. The van der Waals surface area contributed by atoms with Gasteiger partial charge in [0.2, 0.25) is 0 Å². The van der Waals surface area contributed by atoms with Gasteiger partial charge in [-0.05, 0) is 60.4 Å².